The molecule has 2 heterocycles. The number of hydrogen-bond acceptors (Lipinski definition) is 7. The van der Waals surface area contributed by atoms with Gasteiger partial charge in [0.2, 0.25) is 11.8 Å². The standard InChI is InChI=1S/C25H22F3N5O2.Li/c1-14-11-30-22(20-21(19-9-10-19)31-13-32-24(20)34-4)33-23(14)35-15(2)18-7-5-17(6-8-18)12-29-16(3)25(26,27)28;/h3,5-8,11,13,15,19H,9-10H2,1-2,4H3;/q-2;+1/t15-;/m0./s1. The summed E-state index contributed by atoms with van der Waals surface area (Å²) in [5, 5.41) is 0. The van der Waals surface area contributed by atoms with Gasteiger partial charge >= 0.3 is 25.0 Å². The molecule has 0 spiro atoms. The monoisotopic (exact) mass is 488 g/mol. The van der Waals surface area contributed by atoms with Crippen LogP contribution in [0, 0.1) is 13.5 Å². The molecule has 0 saturated heterocycles. The van der Waals surface area contributed by atoms with Gasteiger partial charge in [0.15, 0.2) is 5.82 Å². The van der Waals surface area contributed by atoms with Gasteiger partial charge in [-0.15, -0.1) is 23.4 Å². The van der Waals surface area contributed by atoms with Crippen LogP contribution < -0.4 is 28.3 Å². The molecular weight excluding hydrogens is 466 g/mol. The van der Waals surface area contributed by atoms with Gasteiger partial charge in [-0.2, -0.15) is 18.2 Å². The van der Waals surface area contributed by atoms with Crippen LogP contribution in [0.15, 0.2) is 47.5 Å². The van der Waals surface area contributed by atoms with Crippen LogP contribution in [0.2, 0.25) is 0 Å². The molecule has 1 aliphatic carbocycles. The molecule has 1 atom stereocenters. The molecule has 11 heteroatoms. The Balaban J connectivity index is 0.00000361. The van der Waals surface area contributed by atoms with Crippen LogP contribution in [-0.4, -0.2) is 39.4 Å². The van der Waals surface area contributed by atoms with Gasteiger partial charge in [0.05, 0.1) is 12.8 Å². The maximum absolute atomic E-state index is 12.5. The Morgan fingerprint density at radius 3 is 2.44 bits per heavy atom. The van der Waals surface area contributed by atoms with E-state index in [4.69, 9.17) is 16.1 Å². The van der Waals surface area contributed by atoms with E-state index in [9.17, 15) is 13.2 Å². The summed E-state index contributed by atoms with van der Waals surface area (Å²) in [4.78, 5) is 20.9. The predicted molar refractivity (Wildman–Crippen MR) is 122 cm³/mol. The summed E-state index contributed by atoms with van der Waals surface area (Å²) >= 11 is 0. The smallest absolute Gasteiger partial charge is 0.536 e. The summed E-state index contributed by atoms with van der Waals surface area (Å²) in [5.74, 6) is 1.54. The zero-order valence-electron chi connectivity index (χ0n) is 20.3. The van der Waals surface area contributed by atoms with E-state index >= 15 is 0 Å². The number of aliphatic imine (C=N–C) groups is 1. The third kappa shape index (κ3) is 6.31. The predicted octanol–water partition coefficient (Wildman–Crippen LogP) is 2.45. The molecule has 3 aromatic rings. The van der Waals surface area contributed by atoms with Gasteiger partial charge in [-0.25, -0.2) is 15.0 Å². The van der Waals surface area contributed by atoms with Crippen molar-refractivity contribution in [3.8, 4) is 23.1 Å². The number of methoxy groups -OCH3 is 1. The van der Waals surface area contributed by atoms with Gasteiger partial charge < -0.3 is 21.0 Å². The van der Waals surface area contributed by atoms with Crippen molar-refractivity contribution in [2.24, 2.45) is 4.99 Å². The van der Waals surface area contributed by atoms with E-state index in [0.29, 0.717) is 34.6 Å². The molecule has 1 saturated carbocycles. The van der Waals surface area contributed by atoms with E-state index in [1.807, 2.05) is 13.8 Å². The van der Waals surface area contributed by atoms with Crippen LogP contribution in [0.4, 0.5) is 13.2 Å². The number of halogens is 3. The molecule has 0 N–H and O–H groups in total. The number of aromatic nitrogens is 4. The van der Waals surface area contributed by atoms with Crippen LogP contribution in [0.25, 0.3) is 11.4 Å². The largest absolute Gasteiger partial charge is 1.00 e. The summed E-state index contributed by atoms with van der Waals surface area (Å²) < 4.78 is 49.0. The number of aryl methyl sites for hydroxylation is 1. The van der Waals surface area contributed by atoms with Gasteiger partial charge in [0, 0.05) is 17.7 Å². The van der Waals surface area contributed by atoms with Crippen LogP contribution in [0.3, 0.4) is 0 Å². The molecule has 0 aliphatic heterocycles. The first-order chi connectivity index (χ1) is 16.7. The first-order valence-corrected chi connectivity index (χ1v) is 10.8. The molecule has 7 nitrogen and oxygen atoms in total. The maximum atomic E-state index is 12.5. The van der Waals surface area contributed by atoms with Crippen LogP contribution in [0.1, 0.15) is 54.2 Å². The fourth-order valence-corrected chi connectivity index (χ4v) is 3.33. The molecule has 0 bridgehead atoms. The molecule has 36 heavy (non-hydrogen) atoms. The van der Waals surface area contributed by atoms with Crippen molar-refractivity contribution in [3.05, 3.63) is 71.4 Å². The number of hydrogen-bond donors (Lipinski definition) is 0. The van der Waals surface area contributed by atoms with Crippen molar-refractivity contribution < 1.29 is 41.5 Å². The third-order valence-electron chi connectivity index (χ3n) is 5.41. The van der Waals surface area contributed by atoms with Crippen molar-refractivity contribution in [1.82, 2.24) is 19.9 Å². The zero-order chi connectivity index (χ0) is 25.2. The Hall–Kier alpha value is -3.22. The molecule has 0 unspecified atom stereocenters. The summed E-state index contributed by atoms with van der Waals surface area (Å²) in [6.45, 7) is 8.57. The summed E-state index contributed by atoms with van der Waals surface area (Å²) in [6, 6.07) is 6.58. The number of benzene rings is 1. The van der Waals surface area contributed by atoms with E-state index in [2.05, 4.69) is 31.1 Å². The molecule has 1 aliphatic rings. The minimum Gasteiger partial charge on any atom is -0.536 e. The van der Waals surface area contributed by atoms with Crippen LogP contribution in [0.5, 0.6) is 11.8 Å². The van der Waals surface area contributed by atoms with Crippen molar-refractivity contribution in [2.75, 3.05) is 7.11 Å². The molecule has 4 rings (SSSR count). The van der Waals surface area contributed by atoms with Gasteiger partial charge in [0.1, 0.15) is 18.0 Å². The molecule has 1 fully saturated rings. The second-order valence-electron chi connectivity index (χ2n) is 8.09. The average molecular weight is 488 g/mol. The second-order valence-corrected chi connectivity index (χ2v) is 8.09. The minimum atomic E-state index is -4.70. The van der Waals surface area contributed by atoms with E-state index in [0.717, 1.165) is 29.7 Å². The number of ether oxygens (including phenoxy) is 2. The molecule has 1 aromatic carbocycles. The Kier molecular flexibility index (Phi) is 8.54. The molecular formula is C25H22F3LiN5O2-. The normalized spacial score (nSPS) is 14.3. The molecule has 0 radical (unpaired) electrons. The number of allylic oxidation sites excluding steroid dienone is 1. The third-order valence-corrected chi connectivity index (χ3v) is 5.41. The van der Waals surface area contributed by atoms with Crippen LogP contribution >= 0.6 is 0 Å². The Morgan fingerprint density at radius 1 is 1.14 bits per heavy atom. The minimum absolute atomic E-state index is 0. The van der Waals surface area contributed by atoms with Crippen molar-refractivity contribution >= 4 is 6.21 Å². The average Bonchev–Trinajstić information content (AvgIpc) is 3.68. The Morgan fingerprint density at radius 2 is 1.83 bits per heavy atom. The van der Waals surface area contributed by atoms with Gasteiger partial charge in [-0.3, -0.25) is 0 Å². The summed E-state index contributed by atoms with van der Waals surface area (Å²) in [5.41, 5.74) is 1.92. The molecule has 2 aromatic heterocycles. The van der Waals surface area contributed by atoms with Gasteiger partial charge in [0.25, 0.3) is 0 Å². The molecule has 182 valence electrons. The fourth-order valence-electron chi connectivity index (χ4n) is 3.33. The summed E-state index contributed by atoms with van der Waals surface area (Å²) in [6.07, 6.45) is 2.41. The summed E-state index contributed by atoms with van der Waals surface area (Å²) in [7, 11) is 1.54. The van der Waals surface area contributed by atoms with Crippen molar-refractivity contribution in [2.45, 2.75) is 44.9 Å². The Bertz CT molecular complexity index is 1260. The topological polar surface area (TPSA) is 82.4 Å². The zero-order valence-corrected chi connectivity index (χ0v) is 20.3. The SMILES string of the molecule is [CH-]=C(N=[C-]c1ccc([C@H](C)Oc2nc(-c3c(OC)ncnc3C3CC3)ncc2C)cc1)C(F)(F)F.[Li+]. The number of rotatable bonds is 8. The first kappa shape index (κ1) is 27.4. The molecule has 0 amide bonds. The van der Waals surface area contributed by atoms with E-state index < -0.39 is 18.0 Å². The number of alkyl halides is 3. The van der Waals surface area contributed by atoms with Gasteiger partial charge in [-0.05, 0) is 38.5 Å². The van der Waals surface area contributed by atoms with Crippen molar-refractivity contribution in [1.29, 1.82) is 0 Å². The maximum Gasteiger partial charge on any atom is 1.00 e. The first-order valence-electron chi connectivity index (χ1n) is 10.8. The Labute approximate surface area is 219 Å². The fraction of sp³-hybridized carbons (Fsp3) is 0.320. The van der Waals surface area contributed by atoms with Crippen molar-refractivity contribution in [3.63, 3.8) is 0 Å². The van der Waals surface area contributed by atoms with Gasteiger partial charge in [-0.1, -0.05) is 12.1 Å². The van der Waals surface area contributed by atoms with E-state index in [1.54, 1.807) is 30.5 Å². The second kappa shape index (κ2) is 11.2. The number of nitrogens with zero attached hydrogens (tertiary/aromatic N) is 5. The van der Waals surface area contributed by atoms with E-state index in [-0.39, 0.29) is 18.9 Å². The van der Waals surface area contributed by atoms with Crippen LogP contribution in [-0.2, 0) is 0 Å². The quantitative estimate of drug-likeness (QED) is 0.275. The van der Waals surface area contributed by atoms with E-state index in [1.165, 1.54) is 13.4 Å².